The van der Waals surface area contributed by atoms with Crippen LogP contribution in [0.2, 0.25) is 0 Å². The molecule has 0 amide bonds. The molecule has 3 unspecified atom stereocenters. The van der Waals surface area contributed by atoms with Gasteiger partial charge in [-0.2, -0.15) is 0 Å². The zero-order valence-electron chi connectivity index (χ0n) is 16.0. The van der Waals surface area contributed by atoms with Crippen molar-refractivity contribution in [2.45, 2.75) is 44.9 Å². The summed E-state index contributed by atoms with van der Waals surface area (Å²) in [4.78, 5) is 2.22. The molecule has 3 nitrogen and oxygen atoms in total. The predicted molar refractivity (Wildman–Crippen MR) is 118 cm³/mol. The number of rotatable bonds is 3. The van der Waals surface area contributed by atoms with E-state index in [0.29, 0.717) is 23.1 Å². The number of allylic oxidation sites excluding steroid dienone is 6. The number of likely N-dealkylation sites (tertiary alicyclic amines) is 1. The van der Waals surface area contributed by atoms with Crippen molar-refractivity contribution in [1.82, 2.24) is 10.2 Å². The van der Waals surface area contributed by atoms with Gasteiger partial charge in [-0.15, -0.1) is 11.6 Å². The van der Waals surface area contributed by atoms with Gasteiger partial charge in [-0.3, -0.25) is 0 Å². The normalized spacial score (nSPS) is 31.0. The van der Waals surface area contributed by atoms with E-state index in [-0.39, 0.29) is 10.8 Å². The van der Waals surface area contributed by atoms with E-state index in [1.165, 1.54) is 11.1 Å². The Morgan fingerprint density at radius 1 is 1.48 bits per heavy atom. The van der Waals surface area contributed by atoms with Crippen LogP contribution in [0.15, 0.2) is 46.2 Å². The fourth-order valence-electron chi connectivity index (χ4n) is 4.05. The van der Waals surface area contributed by atoms with Gasteiger partial charge < -0.3 is 15.3 Å². The highest BCUT2D eigenvalue weighted by atomic mass is 35.5. The number of nitrogens with one attached hydrogen (secondary N) is 1. The quantitative estimate of drug-likeness (QED) is 0.465. The van der Waals surface area contributed by atoms with Crippen LogP contribution in [0.4, 0.5) is 0 Å². The van der Waals surface area contributed by atoms with Crippen molar-refractivity contribution in [2.24, 2.45) is 11.3 Å². The van der Waals surface area contributed by atoms with E-state index in [9.17, 15) is 5.11 Å². The average molecular weight is 427 g/mol. The Morgan fingerprint density at radius 2 is 2.26 bits per heavy atom. The summed E-state index contributed by atoms with van der Waals surface area (Å²) < 4.78 is 0. The number of halogens is 2. The number of thiocarbonyl (C=S) groups is 1. The fraction of sp³-hybridized carbons (Fsp3) is 0.571. The molecule has 1 heterocycles. The summed E-state index contributed by atoms with van der Waals surface area (Å²) >= 11 is 18.1. The van der Waals surface area contributed by atoms with E-state index in [1.54, 1.807) is 0 Å². The fourth-order valence-corrected chi connectivity index (χ4v) is 4.65. The van der Waals surface area contributed by atoms with E-state index in [2.05, 4.69) is 42.3 Å². The van der Waals surface area contributed by atoms with E-state index < -0.39 is 0 Å². The zero-order valence-corrected chi connectivity index (χ0v) is 18.3. The molecule has 0 bridgehead atoms. The lowest BCUT2D eigenvalue weighted by atomic mass is 9.73. The maximum Gasteiger partial charge on any atom is 0.169 e. The molecule has 6 heteroatoms. The van der Waals surface area contributed by atoms with Gasteiger partial charge in [0.05, 0.1) is 10.4 Å². The van der Waals surface area contributed by atoms with Gasteiger partial charge in [-0.1, -0.05) is 49.2 Å². The molecule has 0 aromatic heterocycles. The van der Waals surface area contributed by atoms with Gasteiger partial charge in [-0.05, 0) is 54.5 Å². The molecule has 1 fully saturated rings. The zero-order chi connectivity index (χ0) is 19.6. The highest BCUT2D eigenvalue weighted by molar-refractivity contribution is 7.80. The number of nitrogens with zero attached hydrogens (tertiary/aromatic N) is 1. The highest BCUT2D eigenvalue weighted by Crippen LogP contribution is 2.45. The Balaban J connectivity index is 1.57. The minimum Gasteiger partial charge on any atom is -0.511 e. The molecule has 1 saturated heterocycles. The minimum absolute atomic E-state index is 0.0290. The summed E-state index contributed by atoms with van der Waals surface area (Å²) in [6, 6.07) is 0. The molecule has 1 aliphatic heterocycles. The molecule has 2 aliphatic carbocycles. The van der Waals surface area contributed by atoms with Crippen molar-refractivity contribution >= 4 is 40.5 Å². The first-order valence-electron chi connectivity index (χ1n) is 9.63. The Morgan fingerprint density at radius 3 is 3.00 bits per heavy atom. The maximum atomic E-state index is 10.1. The van der Waals surface area contributed by atoms with Crippen LogP contribution < -0.4 is 5.32 Å². The first-order chi connectivity index (χ1) is 12.8. The lowest BCUT2D eigenvalue weighted by Gasteiger charge is -2.35. The van der Waals surface area contributed by atoms with Crippen LogP contribution in [0, 0.1) is 11.3 Å². The number of fused-ring (bicyclic) bond motifs is 1. The van der Waals surface area contributed by atoms with Crippen molar-refractivity contribution in [3.8, 4) is 0 Å². The van der Waals surface area contributed by atoms with Crippen molar-refractivity contribution in [1.29, 1.82) is 0 Å². The third kappa shape index (κ3) is 4.90. The summed E-state index contributed by atoms with van der Waals surface area (Å²) in [6.45, 7) is 6.85. The van der Waals surface area contributed by atoms with Gasteiger partial charge in [0, 0.05) is 26.1 Å². The minimum atomic E-state index is -0.0290. The summed E-state index contributed by atoms with van der Waals surface area (Å²) in [6.07, 6.45) is 12.0. The van der Waals surface area contributed by atoms with Gasteiger partial charge in [0.25, 0.3) is 0 Å². The molecule has 0 aromatic rings. The van der Waals surface area contributed by atoms with E-state index in [0.717, 1.165) is 44.0 Å². The van der Waals surface area contributed by atoms with Crippen molar-refractivity contribution in [3.63, 3.8) is 0 Å². The Bertz CT molecular complexity index is 728. The summed E-state index contributed by atoms with van der Waals surface area (Å²) in [7, 11) is 0. The second-order valence-corrected chi connectivity index (χ2v) is 9.41. The summed E-state index contributed by atoms with van der Waals surface area (Å²) in [5.41, 5.74) is 2.53. The van der Waals surface area contributed by atoms with E-state index >= 15 is 0 Å². The molecular weight excluding hydrogens is 399 g/mol. The Hall–Kier alpha value is -0.970. The molecule has 0 spiro atoms. The number of alkyl halides is 1. The average Bonchev–Trinajstić information content (AvgIpc) is 2.77. The number of aliphatic hydroxyl groups excluding tert-OH is 1. The van der Waals surface area contributed by atoms with E-state index in [1.807, 2.05) is 6.08 Å². The first kappa shape index (κ1) is 20.8. The third-order valence-electron chi connectivity index (χ3n) is 5.88. The SMILES string of the molecule is CC1C=C(CCNC(=S)N2CCCC3(C)CC(O)=C(Cl)C=C3C2)C=CC1Cl. The molecular formula is C21H28Cl2N2OS. The van der Waals surface area contributed by atoms with Gasteiger partial charge in [0.1, 0.15) is 5.76 Å². The van der Waals surface area contributed by atoms with Crippen molar-refractivity contribution < 1.29 is 5.11 Å². The number of hydrogen-bond acceptors (Lipinski definition) is 2. The van der Waals surface area contributed by atoms with Crippen LogP contribution in [0.5, 0.6) is 0 Å². The number of hydrogen-bond donors (Lipinski definition) is 2. The highest BCUT2D eigenvalue weighted by Gasteiger charge is 2.37. The Kier molecular flexibility index (Phi) is 6.60. The first-order valence-corrected chi connectivity index (χ1v) is 10.9. The lowest BCUT2D eigenvalue weighted by molar-refractivity contribution is 0.278. The van der Waals surface area contributed by atoms with Crippen molar-refractivity contribution in [2.75, 3.05) is 19.6 Å². The van der Waals surface area contributed by atoms with Gasteiger partial charge in [0.2, 0.25) is 0 Å². The molecule has 3 atom stereocenters. The van der Waals surface area contributed by atoms with Crippen LogP contribution in [-0.4, -0.2) is 40.1 Å². The van der Waals surface area contributed by atoms with E-state index in [4.69, 9.17) is 35.4 Å². The monoisotopic (exact) mass is 426 g/mol. The summed E-state index contributed by atoms with van der Waals surface area (Å²) in [5, 5.41) is 14.8. The topological polar surface area (TPSA) is 35.5 Å². The van der Waals surface area contributed by atoms with Gasteiger partial charge in [0.15, 0.2) is 5.11 Å². The van der Waals surface area contributed by atoms with Crippen LogP contribution in [-0.2, 0) is 0 Å². The van der Waals surface area contributed by atoms with Gasteiger partial charge >= 0.3 is 0 Å². The van der Waals surface area contributed by atoms with Crippen LogP contribution in [0.3, 0.4) is 0 Å². The molecule has 27 heavy (non-hydrogen) atoms. The smallest absolute Gasteiger partial charge is 0.169 e. The van der Waals surface area contributed by atoms with Gasteiger partial charge in [-0.25, -0.2) is 0 Å². The molecule has 2 N–H and O–H groups in total. The molecule has 0 aromatic carbocycles. The van der Waals surface area contributed by atoms with Crippen molar-refractivity contribution in [3.05, 3.63) is 46.2 Å². The molecule has 3 rings (SSSR count). The Labute approximate surface area is 177 Å². The maximum absolute atomic E-state index is 10.1. The second kappa shape index (κ2) is 8.59. The molecule has 0 radical (unpaired) electrons. The third-order valence-corrected chi connectivity index (χ3v) is 7.15. The summed E-state index contributed by atoms with van der Waals surface area (Å²) in [5.74, 6) is 0.675. The predicted octanol–water partition coefficient (Wildman–Crippen LogP) is 5.43. The second-order valence-electron chi connectivity index (χ2n) is 8.11. The van der Waals surface area contributed by atoms with Crippen LogP contribution in [0.1, 0.15) is 39.5 Å². The van der Waals surface area contributed by atoms with Crippen LogP contribution >= 0.6 is 35.4 Å². The van der Waals surface area contributed by atoms with Crippen LogP contribution in [0.25, 0.3) is 0 Å². The molecule has 0 saturated carbocycles. The molecule has 148 valence electrons. The standard InChI is InChI=1S/C21H28Cl2N2OS/c1-14-10-15(4-5-17(14)22)6-8-24-20(27)25-9-3-7-21(2)12-19(26)18(23)11-16(21)13-25/h4-5,10-11,14,17,26H,3,6-9,12-13H2,1-2H3,(H,24,27). The largest absolute Gasteiger partial charge is 0.511 e. The lowest BCUT2D eigenvalue weighted by Crippen LogP contribution is -2.41. The molecule has 3 aliphatic rings. The number of aliphatic hydroxyl groups is 1.